The van der Waals surface area contributed by atoms with Crippen molar-refractivity contribution in [2.45, 2.75) is 33.4 Å². The molecule has 3 N–H and O–H groups in total. The van der Waals surface area contributed by atoms with Crippen LogP contribution in [0, 0.1) is 13.8 Å². The number of amides is 2. The zero-order chi connectivity index (χ0) is 27.3. The van der Waals surface area contributed by atoms with Gasteiger partial charge in [-0.05, 0) is 56.2 Å². The highest BCUT2D eigenvalue weighted by Gasteiger charge is 2.36. The fourth-order valence-corrected chi connectivity index (χ4v) is 3.71. The molecule has 0 fully saturated rings. The highest BCUT2D eigenvalue weighted by atomic mass is 19.4. The molecule has 0 aliphatic carbocycles. The Morgan fingerprint density at radius 1 is 0.946 bits per heavy atom. The van der Waals surface area contributed by atoms with Gasteiger partial charge in [0.1, 0.15) is 5.75 Å². The fourth-order valence-electron chi connectivity index (χ4n) is 3.71. The number of aromatic nitrogens is 1. The van der Waals surface area contributed by atoms with E-state index in [4.69, 9.17) is 9.84 Å². The maximum atomic E-state index is 13.6. The first kappa shape index (κ1) is 27.2. The van der Waals surface area contributed by atoms with Crippen molar-refractivity contribution in [3.05, 3.63) is 71.0 Å². The van der Waals surface area contributed by atoms with Gasteiger partial charge in [-0.25, -0.2) is 4.79 Å². The van der Waals surface area contributed by atoms with Crippen LogP contribution in [-0.2, 0) is 11.0 Å². The van der Waals surface area contributed by atoms with E-state index in [0.717, 1.165) is 28.6 Å². The number of nitrogens with one attached hydrogen (secondary N) is 2. The standard InChI is InChI=1S/C26H24F3N3O5/c1-4-37-23-12-21(32-25(35)36)20(11-19(23)26(27,28)29)31-24(34)13-22(33)17-7-5-6-16(10-17)18-8-14(2)30-15(3)9-18/h5-12,32H,4,13H2,1-3H3,(H,31,34)(H,35,36). The van der Waals surface area contributed by atoms with Crippen molar-refractivity contribution in [2.24, 2.45) is 0 Å². The maximum Gasteiger partial charge on any atom is 0.420 e. The fraction of sp³-hybridized carbons (Fsp3) is 0.231. The summed E-state index contributed by atoms with van der Waals surface area (Å²) in [7, 11) is 0. The Balaban J connectivity index is 1.86. The van der Waals surface area contributed by atoms with Crippen LogP contribution in [0.4, 0.5) is 29.3 Å². The molecule has 37 heavy (non-hydrogen) atoms. The van der Waals surface area contributed by atoms with Crippen LogP contribution in [0.5, 0.6) is 5.75 Å². The lowest BCUT2D eigenvalue weighted by molar-refractivity contribution is -0.138. The van der Waals surface area contributed by atoms with Gasteiger partial charge in [0.25, 0.3) is 0 Å². The van der Waals surface area contributed by atoms with Gasteiger partial charge in [0.2, 0.25) is 5.91 Å². The number of alkyl halides is 3. The third kappa shape index (κ3) is 7.06. The van der Waals surface area contributed by atoms with E-state index < -0.39 is 47.4 Å². The quantitative estimate of drug-likeness (QED) is 0.247. The van der Waals surface area contributed by atoms with E-state index >= 15 is 0 Å². The topological polar surface area (TPSA) is 118 Å². The number of hydrogen-bond donors (Lipinski definition) is 3. The number of rotatable bonds is 8. The van der Waals surface area contributed by atoms with E-state index in [-0.39, 0.29) is 17.9 Å². The average Bonchev–Trinajstić information content (AvgIpc) is 2.79. The molecule has 0 radical (unpaired) electrons. The number of hydrogen-bond acceptors (Lipinski definition) is 5. The minimum absolute atomic E-state index is 0.104. The van der Waals surface area contributed by atoms with Gasteiger partial charge in [0.15, 0.2) is 5.78 Å². The summed E-state index contributed by atoms with van der Waals surface area (Å²) in [6.45, 7) is 5.05. The molecular formula is C26H24F3N3O5. The van der Waals surface area contributed by atoms with Gasteiger partial charge in [-0.1, -0.05) is 18.2 Å². The molecule has 1 aromatic heterocycles. The smallest absolute Gasteiger partial charge is 0.420 e. The van der Waals surface area contributed by atoms with Crippen molar-refractivity contribution in [2.75, 3.05) is 17.2 Å². The van der Waals surface area contributed by atoms with Gasteiger partial charge in [-0.3, -0.25) is 19.9 Å². The van der Waals surface area contributed by atoms with E-state index in [1.165, 1.54) is 13.0 Å². The van der Waals surface area contributed by atoms with Crippen molar-refractivity contribution < 1.29 is 37.4 Å². The zero-order valence-corrected chi connectivity index (χ0v) is 20.2. The molecule has 2 amide bonds. The maximum absolute atomic E-state index is 13.6. The number of benzene rings is 2. The van der Waals surface area contributed by atoms with Crippen molar-refractivity contribution in [3.8, 4) is 16.9 Å². The molecule has 0 aliphatic heterocycles. The Hall–Kier alpha value is -4.41. The first-order valence-corrected chi connectivity index (χ1v) is 11.1. The van der Waals surface area contributed by atoms with Gasteiger partial charge in [-0.15, -0.1) is 0 Å². The van der Waals surface area contributed by atoms with Gasteiger partial charge < -0.3 is 15.2 Å². The molecule has 3 aromatic rings. The van der Waals surface area contributed by atoms with Crippen LogP contribution < -0.4 is 15.4 Å². The molecule has 0 aliphatic rings. The monoisotopic (exact) mass is 515 g/mol. The number of carboxylic acid groups (broad SMARTS) is 1. The Bertz CT molecular complexity index is 1340. The first-order chi connectivity index (χ1) is 17.4. The van der Waals surface area contributed by atoms with Crippen LogP contribution >= 0.6 is 0 Å². The second kappa shape index (κ2) is 11.1. The number of halogens is 3. The lowest BCUT2D eigenvalue weighted by Crippen LogP contribution is -2.20. The summed E-state index contributed by atoms with van der Waals surface area (Å²) in [6, 6.07) is 11.7. The molecule has 0 unspecified atom stereocenters. The second-order valence-corrected chi connectivity index (χ2v) is 8.12. The van der Waals surface area contributed by atoms with E-state index in [1.807, 2.05) is 31.3 Å². The summed E-state index contributed by atoms with van der Waals surface area (Å²) >= 11 is 0. The van der Waals surface area contributed by atoms with Gasteiger partial charge in [0, 0.05) is 23.0 Å². The lowest BCUT2D eigenvalue weighted by atomic mass is 9.99. The van der Waals surface area contributed by atoms with E-state index in [0.29, 0.717) is 6.07 Å². The molecule has 11 heteroatoms. The molecule has 3 rings (SSSR count). The lowest BCUT2D eigenvalue weighted by Gasteiger charge is -2.18. The Morgan fingerprint density at radius 3 is 2.19 bits per heavy atom. The van der Waals surface area contributed by atoms with E-state index in [2.05, 4.69) is 10.3 Å². The van der Waals surface area contributed by atoms with Crippen molar-refractivity contribution in [3.63, 3.8) is 0 Å². The van der Waals surface area contributed by atoms with Crippen molar-refractivity contribution in [1.82, 2.24) is 4.98 Å². The molecule has 1 heterocycles. The van der Waals surface area contributed by atoms with Crippen LogP contribution in [0.3, 0.4) is 0 Å². The zero-order valence-electron chi connectivity index (χ0n) is 20.2. The molecule has 0 spiro atoms. The summed E-state index contributed by atoms with van der Waals surface area (Å²) in [5, 5.41) is 13.2. The van der Waals surface area contributed by atoms with E-state index in [9.17, 15) is 27.6 Å². The molecular weight excluding hydrogens is 491 g/mol. The molecule has 8 nitrogen and oxygen atoms in total. The number of pyridine rings is 1. The normalized spacial score (nSPS) is 11.1. The summed E-state index contributed by atoms with van der Waals surface area (Å²) in [5.41, 5.74) is 1.38. The van der Waals surface area contributed by atoms with Crippen molar-refractivity contribution >= 4 is 29.2 Å². The van der Waals surface area contributed by atoms with E-state index in [1.54, 1.807) is 18.2 Å². The number of Topliss-reactive ketones (excluding diaryl/α,β-unsaturated/α-hetero) is 1. The number of ketones is 1. The predicted octanol–water partition coefficient (Wildman–Crippen LogP) is 6.08. The van der Waals surface area contributed by atoms with Crippen LogP contribution in [0.2, 0.25) is 0 Å². The molecule has 0 saturated carbocycles. The molecule has 0 atom stereocenters. The first-order valence-electron chi connectivity index (χ1n) is 11.1. The Morgan fingerprint density at radius 2 is 1.59 bits per heavy atom. The third-order valence-electron chi connectivity index (χ3n) is 5.16. The molecule has 194 valence electrons. The molecule has 0 saturated heterocycles. The number of carbonyl (C=O) groups is 3. The highest BCUT2D eigenvalue weighted by Crippen LogP contribution is 2.41. The third-order valence-corrected chi connectivity index (χ3v) is 5.16. The van der Waals surface area contributed by atoms with Crippen LogP contribution in [0.15, 0.2) is 48.5 Å². The SMILES string of the molecule is CCOc1cc(NC(=O)O)c(NC(=O)CC(=O)c2cccc(-c3cc(C)nc(C)c3)c2)cc1C(F)(F)F. The van der Waals surface area contributed by atoms with Crippen molar-refractivity contribution in [1.29, 1.82) is 0 Å². The van der Waals surface area contributed by atoms with Crippen LogP contribution in [0.1, 0.15) is 40.7 Å². The number of aryl methyl sites for hydroxylation is 2. The van der Waals surface area contributed by atoms with Gasteiger partial charge in [-0.2, -0.15) is 13.2 Å². The van der Waals surface area contributed by atoms with Gasteiger partial charge >= 0.3 is 12.3 Å². The predicted molar refractivity (Wildman–Crippen MR) is 131 cm³/mol. The number of nitrogens with zero attached hydrogens (tertiary/aromatic N) is 1. The Kier molecular flexibility index (Phi) is 8.16. The number of anilines is 2. The summed E-state index contributed by atoms with van der Waals surface area (Å²) in [4.78, 5) is 40.9. The largest absolute Gasteiger partial charge is 0.493 e. The Labute approximate surface area is 210 Å². The van der Waals surface area contributed by atoms with Crippen LogP contribution in [-0.4, -0.2) is 34.5 Å². The molecule has 2 aromatic carbocycles. The highest BCUT2D eigenvalue weighted by molar-refractivity contribution is 6.12. The minimum atomic E-state index is -4.84. The average molecular weight is 515 g/mol. The van der Waals surface area contributed by atoms with Crippen LogP contribution in [0.25, 0.3) is 11.1 Å². The number of ether oxygens (including phenoxy) is 1. The summed E-state index contributed by atoms with van der Waals surface area (Å²) < 4.78 is 45.7. The number of carbonyl (C=O) groups excluding carboxylic acids is 2. The summed E-state index contributed by atoms with van der Waals surface area (Å²) in [5.74, 6) is -2.10. The second-order valence-electron chi connectivity index (χ2n) is 8.12. The summed E-state index contributed by atoms with van der Waals surface area (Å²) in [6.07, 6.45) is -7.09. The molecule has 0 bridgehead atoms. The minimum Gasteiger partial charge on any atom is -0.493 e. The van der Waals surface area contributed by atoms with Gasteiger partial charge in [0.05, 0.1) is 30.0 Å².